The van der Waals surface area contributed by atoms with E-state index in [4.69, 9.17) is 15.2 Å². The third kappa shape index (κ3) is 3.30. The van der Waals surface area contributed by atoms with Crippen molar-refractivity contribution in [1.29, 1.82) is 0 Å². The number of carbonyl (C=O) groups excluding carboxylic acids is 2. The second-order valence-electron chi connectivity index (χ2n) is 4.44. The summed E-state index contributed by atoms with van der Waals surface area (Å²) < 4.78 is 10.4. The number of carbonyl (C=O) groups is 2. The van der Waals surface area contributed by atoms with Gasteiger partial charge in [-0.3, -0.25) is 4.79 Å². The predicted octanol–water partition coefficient (Wildman–Crippen LogP) is 0.836. The fraction of sp³-hybridized carbons (Fsp3) is 0.583. The maximum atomic E-state index is 11.8. The van der Waals surface area contributed by atoms with Gasteiger partial charge in [0.2, 0.25) is 5.91 Å². The average molecular weight is 284 g/mol. The number of primary amides is 1. The molecule has 1 aliphatic rings. The highest BCUT2D eigenvalue weighted by Gasteiger charge is 2.34. The second-order valence-corrected chi connectivity index (χ2v) is 5.84. The molecule has 104 valence electrons. The van der Waals surface area contributed by atoms with Gasteiger partial charge in [0.1, 0.15) is 12.7 Å². The standard InChI is InChI=1S/C12H16N2O4S/c1-6-8(14-7(2)19-6)5-17-12(16)10-4-3-9(18-10)11(13)15/h9-10H,3-5H2,1-2H3,(H2,13,15)/t9-,10+/m0/s1. The van der Waals surface area contributed by atoms with Gasteiger partial charge < -0.3 is 15.2 Å². The minimum Gasteiger partial charge on any atom is -0.457 e. The summed E-state index contributed by atoms with van der Waals surface area (Å²) in [6, 6.07) is 0. The van der Waals surface area contributed by atoms with Crippen LogP contribution in [0.15, 0.2) is 0 Å². The van der Waals surface area contributed by atoms with Gasteiger partial charge in [-0.15, -0.1) is 11.3 Å². The average Bonchev–Trinajstić information content (AvgIpc) is 2.93. The zero-order chi connectivity index (χ0) is 14.0. The van der Waals surface area contributed by atoms with Crippen LogP contribution in [0.4, 0.5) is 0 Å². The number of ether oxygens (including phenoxy) is 2. The van der Waals surface area contributed by atoms with Crippen molar-refractivity contribution < 1.29 is 19.1 Å². The van der Waals surface area contributed by atoms with Gasteiger partial charge in [-0.25, -0.2) is 9.78 Å². The number of amides is 1. The summed E-state index contributed by atoms with van der Waals surface area (Å²) in [6.45, 7) is 3.97. The summed E-state index contributed by atoms with van der Waals surface area (Å²) in [5.41, 5.74) is 5.89. The van der Waals surface area contributed by atoms with Crippen molar-refractivity contribution in [3.63, 3.8) is 0 Å². The zero-order valence-corrected chi connectivity index (χ0v) is 11.7. The first-order valence-electron chi connectivity index (χ1n) is 6.01. The van der Waals surface area contributed by atoms with Crippen molar-refractivity contribution in [2.75, 3.05) is 0 Å². The van der Waals surface area contributed by atoms with Crippen LogP contribution in [-0.2, 0) is 25.7 Å². The third-order valence-electron chi connectivity index (χ3n) is 2.95. The molecule has 1 amide bonds. The topological polar surface area (TPSA) is 91.5 Å². The monoisotopic (exact) mass is 284 g/mol. The summed E-state index contributed by atoms with van der Waals surface area (Å²) in [7, 11) is 0. The lowest BCUT2D eigenvalue weighted by Crippen LogP contribution is -2.31. The minimum absolute atomic E-state index is 0.135. The molecule has 0 spiro atoms. The van der Waals surface area contributed by atoms with E-state index in [-0.39, 0.29) is 6.61 Å². The highest BCUT2D eigenvalue weighted by atomic mass is 32.1. The van der Waals surface area contributed by atoms with E-state index in [0.29, 0.717) is 12.8 Å². The number of aromatic nitrogens is 1. The van der Waals surface area contributed by atoms with E-state index in [1.807, 2.05) is 13.8 Å². The number of rotatable bonds is 4. The summed E-state index contributed by atoms with van der Waals surface area (Å²) in [6.07, 6.45) is -0.454. The van der Waals surface area contributed by atoms with Crippen molar-refractivity contribution in [3.05, 3.63) is 15.6 Å². The fourth-order valence-corrected chi connectivity index (χ4v) is 2.78. The van der Waals surface area contributed by atoms with Crippen LogP contribution in [0, 0.1) is 13.8 Å². The number of nitrogens with zero attached hydrogens (tertiary/aromatic N) is 1. The van der Waals surface area contributed by atoms with E-state index in [2.05, 4.69) is 4.98 Å². The van der Waals surface area contributed by atoms with E-state index >= 15 is 0 Å². The Hall–Kier alpha value is -1.47. The molecule has 7 heteroatoms. The van der Waals surface area contributed by atoms with Crippen LogP contribution in [0.1, 0.15) is 28.4 Å². The molecule has 0 saturated carbocycles. The van der Waals surface area contributed by atoms with Crippen LogP contribution in [0.3, 0.4) is 0 Å². The van der Waals surface area contributed by atoms with Crippen LogP contribution in [-0.4, -0.2) is 29.1 Å². The molecular formula is C12H16N2O4S. The molecule has 0 radical (unpaired) electrons. The Bertz CT molecular complexity index is 500. The molecule has 1 aromatic rings. The summed E-state index contributed by atoms with van der Waals surface area (Å²) in [5.74, 6) is -1.00. The minimum atomic E-state index is -0.697. The molecule has 19 heavy (non-hydrogen) atoms. The lowest BCUT2D eigenvalue weighted by molar-refractivity contribution is -0.158. The van der Waals surface area contributed by atoms with E-state index < -0.39 is 24.1 Å². The number of hydrogen-bond donors (Lipinski definition) is 1. The van der Waals surface area contributed by atoms with Crippen LogP contribution in [0.5, 0.6) is 0 Å². The molecular weight excluding hydrogens is 268 g/mol. The molecule has 2 N–H and O–H groups in total. The molecule has 0 aliphatic carbocycles. The van der Waals surface area contributed by atoms with Crippen LogP contribution < -0.4 is 5.73 Å². The quantitative estimate of drug-likeness (QED) is 0.827. The van der Waals surface area contributed by atoms with Gasteiger partial charge >= 0.3 is 5.97 Å². The predicted molar refractivity (Wildman–Crippen MR) is 68.5 cm³/mol. The molecule has 6 nitrogen and oxygen atoms in total. The fourth-order valence-electron chi connectivity index (χ4n) is 1.96. The number of aryl methyl sites for hydroxylation is 2. The third-order valence-corrected chi connectivity index (χ3v) is 3.88. The molecule has 1 saturated heterocycles. The van der Waals surface area contributed by atoms with E-state index in [1.165, 1.54) is 0 Å². The lowest BCUT2D eigenvalue weighted by atomic mass is 10.2. The van der Waals surface area contributed by atoms with Crippen LogP contribution >= 0.6 is 11.3 Å². The molecule has 2 rings (SSSR count). The first-order chi connectivity index (χ1) is 8.97. The van der Waals surface area contributed by atoms with E-state index in [0.717, 1.165) is 15.6 Å². The smallest absolute Gasteiger partial charge is 0.335 e. The van der Waals surface area contributed by atoms with Gasteiger partial charge in [0.05, 0.1) is 10.7 Å². The second kappa shape index (κ2) is 5.66. The maximum Gasteiger partial charge on any atom is 0.335 e. The number of thiazole rings is 1. The van der Waals surface area contributed by atoms with Gasteiger partial charge in [-0.05, 0) is 26.7 Å². The van der Waals surface area contributed by atoms with Gasteiger partial charge in [0.25, 0.3) is 0 Å². The van der Waals surface area contributed by atoms with Crippen molar-refractivity contribution in [1.82, 2.24) is 4.98 Å². The van der Waals surface area contributed by atoms with Crippen LogP contribution in [0.2, 0.25) is 0 Å². The van der Waals surface area contributed by atoms with Crippen molar-refractivity contribution >= 4 is 23.2 Å². The summed E-state index contributed by atoms with van der Waals surface area (Å²) in [5, 5.41) is 0.939. The Balaban J connectivity index is 1.85. The molecule has 1 fully saturated rings. The highest BCUT2D eigenvalue weighted by Crippen LogP contribution is 2.22. The number of hydrogen-bond acceptors (Lipinski definition) is 6. The summed E-state index contributed by atoms with van der Waals surface area (Å²) >= 11 is 1.56. The lowest BCUT2D eigenvalue weighted by Gasteiger charge is -2.10. The van der Waals surface area contributed by atoms with Crippen molar-refractivity contribution in [2.24, 2.45) is 5.73 Å². The van der Waals surface area contributed by atoms with E-state index in [9.17, 15) is 9.59 Å². The maximum absolute atomic E-state index is 11.8. The van der Waals surface area contributed by atoms with Gasteiger partial charge in [-0.2, -0.15) is 0 Å². The van der Waals surface area contributed by atoms with Gasteiger partial charge in [0.15, 0.2) is 6.10 Å². The Labute approximate surface area is 114 Å². The molecule has 2 atom stereocenters. The van der Waals surface area contributed by atoms with Gasteiger partial charge in [0, 0.05) is 4.88 Å². The number of nitrogens with two attached hydrogens (primary N) is 1. The van der Waals surface area contributed by atoms with Crippen molar-refractivity contribution in [2.45, 2.75) is 45.5 Å². The van der Waals surface area contributed by atoms with Gasteiger partial charge in [-0.1, -0.05) is 0 Å². The Morgan fingerprint density at radius 2 is 2.11 bits per heavy atom. The molecule has 0 bridgehead atoms. The Morgan fingerprint density at radius 1 is 1.42 bits per heavy atom. The molecule has 2 heterocycles. The Kier molecular flexibility index (Phi) is 4.16. The first kappa shape index (κ1) is 14.0. The summed E-state index contributed by atoms with van der Waals surface area (Å²) in [4.78, 5) is 28.0. The van der Waals surface area contributed by atoms with E-state index in [1.54, 1.807) is 11.3 Å². The molecule has 1 aliphatic heterocycles. The Morgan fingerprint density at radius 3 is 2.63 bits per heavy atom. The SMILES string of the molecule is Cc1nc(COC(=O)[C@H]2CC[C@@H](C(N)=O)O2)c(C)s1. The highest BCUT2D eigenvalue weighted by molar-refractivity contribution is 7.11. The largest absolute Gasteiger partial charge is 0.457 e. The molecule has 0 aromatic carbocycles. The molecule has 1 aromatic heterocycles. The zero-order valence-electron chi connectivity index (χ0n) is 10.8. The number of esters is 1. The van der Waals surface area contributed by atoms with Crippen LogP contribution in [0.25, 0.3) is 0 Å². The first-order valence-corrected chi connectivity index (χ1v) is 6.83. The van der Waals surface area contributed by atoms with Crippen molar-refractivity contribution in [3.8, 4) is 0 Å². The molecule has 0 unspecified atom stereocenters. The normalized spacial score (nSPS) is 22.4.